The van der Waals surface area contributed by atoms with Gasteiger partial charge in [-0.1, -0.05) is 12.8 Å². The predicted octanol–water partition coefficient (Wildman–Crippen LogP) is 3.16. The summed E-state index contributed by atoms with van der Waals surface area (Å²) in [4.78, 5) is 10.7. The summed E-state index contributed by atoms with van der Waals surface area (Å²) in [5, 5.41) is 8.37. The van der Waals surface area contributed by atoms with E-state index in [-0.39, 0.29) is 0 Å². The highest BCUT2D eigenvalue weighted by Crippen LogP contribution is 2.60. The van der Waals surface area contributed by atoms with Crippen LogP contribution in [-0.2, 0) is 11.3 Å². The van der Waals surface area contributed by atoms with Gasteiger partial charge in [0.15, 0.2) is 5.96 Å². The summed E-state index contributed by atoms with van der Waals surface area (Å²) < 4.78 is 6.10. The first-order valence-electron chi connectivity index (χ1n) is 9.73. The summed E-state index contributed by atoms with van der Waals surface area (Å²) in [5.74, 6) is 1.61. The molecule has 2 saturated carbocycles. The van der Waals surface area contributed by atoms with Crippen molar-refractivity contribution >= 4 is 17.3 Å². The number of thiazole rings is 1. The zero-order valence-corrected chi connectivity index (χ0v) is 16.4. The summed E-state index contributed by atoms with van der Waals surface area (Å²) in [6.07, 6.45) is 6.98. The highest BCUT2D eigenvalue weighted by Gasteiger charge is 2.65. The second-order valence-corrected chi connectivity index (χ2v) is 9.03. The lowest BCUT2D eigenvalue weighted by Crippen LogP contribution is -2.69. The number of nitrogens with one attached hydrogen (secondary N) is 2. The van der Waals surface area contributed by atoms with Crippen molar-refractivity contribution in [1.29, 1.82) is 0 Å². The van der Waals surface area contributed by atoms with E-state index in [4.69, 9.17) is 9.73 Å². The largest absolute Gasteiger partial charge is 0.377 e. The topological polar surface area (TPSA) is 58.5 Å². The molecule has 3 unspecified atom stereocenters. The van der Waals surface area contributed by atoms with Crippen LogP contribution in [0.2, 0.25) is 0 Å². The van der Waals surface area contributed by atoms with Crippen molar-refractivity contribution in [3.05, 3.63) is 15.6 Å². The molecule has 3 atom stereocenters. The fourth-order valence-corrected chi connectivity index (χ4v) is 6.10. The number of hydrogen-bond donors (Lipinski definition) is 2. The van der Waals surface area contributed by atoms with Crippen LogP contribution in [0.4, 0.5) is 0 Å². The van der Waals surface area contributed by atoms with Crippen molar-refractivity contribution in [2.45, 2.75) is 71.6 Å². The van der Waals surface area contributed by atoms with Crippen LogP contribution in [0, 0.1) is 25.2 Å². The monoisotopic (exact) mass is 362 g/mol. The smallest absolute Gasteiger partial charge is 0.191 e. The third-order valence-electron chi connectivity index (χ3n) is 6.30. The van der Waals surface area contributed by atoms with E-state index >= 15 is 0 Å². The number of rotatable bonds is 4. The predicted molar refractivity (Wildman–Crippen MR) is 102 cm³/mol. The third-order valence-corrected chi connectivity index (χ3v) is 7.36. The molecule has 0 radical (unpaired) electrons. The van der Waals surface area contributed by atoms with Crippen LogP contribution in [-0.4, -0.2) is 36.2 Å². The SMILES string of the molecule is CCNC(=NCc1sc(C)nc1C)NC1C2CCOC2C12CCCC2. The average Bonchev–Trinajstić information content (AvgIpc) is 3.29. The molecule has 3 fully saturated rings. The minimum absolute atomic E-state index is 0.356. The molecule has 3 aliphatic rings. The van der Waals surface area contributed by atoms with E-state index in [2.05, 4.69) is 36.4 Å². The van der Waals surface area contributed by atoms with Crippen LogP contribution in [0.15, 0.2) is 4.99 Å². The number of hydrogen-bond acceptors (Lipinski definition) is 4. The van der Waals surface area contributed by atoms with Crippen LogP contribution in [0.1, 0.15) is 54.6 Å². The van der Waals surface area contributed by atoms with Gasteiger partial charge < -0.3 is 15.4 Å². The first kappa shape index (κ1) is 17.3. The number of ether oxygens (including phenoxy) is 1. The van der Waals surface area contributed by atoms with Crippen LogP contribution in [0.5, 0.6) is 0 Å². The minimum Gasteiger partial charge on any atom is -0.377 e. The maximum atomic E-state index is 6.10. The summed E-state index contributed by atoms with van der Waals surface area (Å²) >= 11 is 1.75. The zero-order chi connectivity index (χ0) is 17.4. The van der Waals surface area contributed by atoms with Crippen molar-refractivity contribution in [1.82, 2.24) is 15.6 Å². The third kappa shape index (κ3) is 2.97. The molecule has 2 heterocycles. The number of aromatic nitrogens is 1. The van der Waals surface area contributed by atoms with Gasteiger partial charge in [0.25, 0.3) is 0 Å². The van der Waals surface area contributed by atoms with Crippen LogP contribution in [0.25, 0.3) is 0 Å². The van der Waals surface area contributed by atoms with Gasteiger partial charge in [0.1, 0.15) is 0 Å². The normalized spacial score (nSPS) is 30.4. The maximum absolute atomic E-state index is 6.10. The Labute approximate surface area is 154 Å². The molecule has 0 aromatic carbocycles. The second kappa shape index (κ2) is 6.88. The van der Waals surface area contributed by atoms with E-state index in [0.29, 0.717) is 30.0 Å². The molecule has 5 nitrogen and oxygen atoms in total. The molecule has 6 heteroatoms. The van der Waals surface area contributed by atoms with Crippen molar-refractivity contribution in [3.63, 3.8) is 0 Å². The van der Waals surface area contributed by atoms with Crippen LogP contribution < -0.4 is 10.6 Å². The Morgan fingerprint density at radius 1 is 1.36 bits per heavy atom. The van der Waals surface area contributed by atoms with E-state index < -0.39 is 0 Å². The number of guanidine groups is 1. The highest BCUT2D eigenvalue weighted by atomic mass is 32.1. The van der Waals surface area contributed by atoms with E-state index in [1.807, 2.05) is 0 Å². The molecular weight excluding hydrogens is 332 g/mol. The summed E-state index contributed by atoms with van der Waals surface area (Å²) in [7, 11) is 0. The number of fused-ring (bicyclic) bond motifs is 2. The maximum Gasteiger partial charge on any atom is 0.191 e. The quantitative estimate of drug-likeness (QED) is 0.638. The number of aliphatic imine (C=N–C) groups is 1. The molecule has 2 N–H and O–H groups in total. The average molecular weight is 363 g/mol. The standard InChI is InChI=1S/C19H30N4OS/c1-4-20-18(21-11-15-12(2)22-13(3)25-15)23-16-14-7-10-24-17(14)19(16)8-5-6-9-19/h14,16-17H,4-11H2,1-3H3,(H2,20,21,23). The van der Waals surface area contributed by atoms with Gasteiger partial charge in [0.05, 0.1) is 23.4 Å². The van der Waals surface area contributed by atoms with Crippen molar-refractivity contribution in [2.75, 3.05) is 13.2 Å². The molecule has 1 spiro atoms. The Morgan fingerprint density at radius 2 is 2.16 bits per heavy atom. The molecule has 1 aliphatic heterocycles. The van der Waals surface area contributed by atoms with Crippen molar-refractivity contribution in [2.24, 2.45) is 16.3 Å². The Kier molecular flexibility index (Phi) is 4.75. The molecule has 0 bridgehead atoms. The first-order valence-corrected chi connectivity index (χ1v) is 10.5. The molecule has 0 amide bonds. The molecule has 1 aromatic heterocycles. The molecule has 2 aliphatic carbocycles. The Balaban J connectivity index is 1.49. The molecule has 4 rings (SSSR count). The van der Waals surface area contributed by atoms with Gasteiger partial charge >= 0.3 is 0 Å². The fraction of sp³-hybridized carbons (Fsp3) is 0.789. The van der Waals surface area contributed by atoms with Crippen molar-refractivity contribution < 1.29 is 4.74 Å². The van der Waals surface area contributed by atoms with Crippen molar-refractivity contribution in [3.8, 4) is 0 Å². The molecule has 1 aromatic rings. The van der Waals surface area contributed by atoms with Crippen LogP contribution in [0.3, 0.4) is 0 Å². The van der Waals surface area contributed by atoms with E-state index in [0.717, 1.165) is 29.8 Å². The second-order valence-electron chi connectivity index (χ2n) is 7.74. The zero-order valence-electron chi connectivity index (χ0n) is 15.6. The van der Waals surface area contributed by atoms with Gasteiger partial charge in [0, 0.05) is 35.4 Å². The Morgan fingerprint density at radius 3 is 2.84 bits per heavy atom. The van der Waals surface area contributed by atoms with Gasteiger partial charge in [-0.2, -0.15) is 0 Å². The Bertz CT molecular complexity index is 650. The van der Waals surface area contributed by atoms with Crippen LogP contribution >= 0.6 is 11.3 Å². The lowest BCUT2D eigenvalue weighted by Gasteiger charge is -2.57. The molecule has 25 heavy (non-hydrogen) atoms. The summed E-state index contributed by atoms with van der Waals surface area (Å²) in [6.45, 7) is 8.80. The van der Waals surface area contributed by atoms with E-state index in [1.165, 1.54) is 37.0 Å². The van der Waals surface area contributed by atoms with Gasteiger partial charge in [-0.25, -0.2) is 9.98 Å². The molecular formula is C19H30N4OS. The number of nitrogens with zero attached hydrogens (tertiary/aromatic N) is 2. The van der Waals surface area contributed by atoms with E-state index in [9.17, 15) is 0 Å². The van der Waals surface area contributed by atoms with Gasteiger partial charge in [-0.3, -0.25) is 0 Å². The van der Waals surface area contributed by atoms with Gasteiger partial charge in [-0.05, 0) is 40.0 Å². The summed E-state index contributed by atoms with van der Waals surface area (Å²) in [6, 6.07) is 0.518. The summed E-state index contributed by atoms with van der Waals surface area (Å²) in [5.41, 5.74) is 1.47. The lowest BCUT2D eigenvalue weighted by molar-refractivity contribution is -0.125. The lowest BCUT2D eigenvalue weighted by atomic mass is 9.54. The fourth-order valence-electron chi connectivity index (χ4n) is 5.24. The minimum atomic E-state index is 0.356. The first-order chi connectivity index (χ1) is 12.1. The highest BCUT2D eigenvalue weighted by molar-refractivity contribution is 7.11. The van der Waals surface area contributed by atoms with Gasteiger partial charge in [0.2, 0.25) is 0 Å². The molecule has 1 saturated heterocycles. The Hall–Kier alpha value is -1.14. The van der Waals surface area contributed by atoms with E-state index in [1.54, 1.807) is 11.3 Å². The number of aryl methyl sites for hydroxylation is 2. The van der Waals surface area contributed by atoms with Gasteiger partial charge in [-0.15, -0.1) is 11.3 Å². The molecule has 138 valence electrons.